The highest BCUT2D eigenvalue weighted by molar-refractivity contribution is 8.17. The van der Waals surface area contributed by atoms with E-state index in [0.29, 0.717) is 11.4 Å². The van der Waals surface area contributed by atoms with Crippen LogP contribution < -0.4 is 0 Å². The second-order valence-corrected chi connectivity index (χ2v) is 7.23. The molecule has 0 radical (unpaired) electrons. The number of hydrogen-bond donors (Lipinski definition) is 0. The van der Waals surface area contributed by atoms with Gasteiger partial charge in [0.05, 0.1) is 11.4 Å². The van der Waals surface area contributed by atoms with Crippen molar-refractivity contribution in [3.63, 3.8) is 0 Å². The van der Waals surface area contributed by atoms with Crippen molar-refractivity contribution in [2.24, 2.45) is 9.98 Å². The summed E-state index contributed by atoms with van der Waals surface area (Å²) in [6, 6.07) is 7.45. The van der Waals surface area contributed by atoms with Crippen molar-refractivity contribution in [1.29, 1.82) is 21.0 Å². The first kappa shape index (κ1) is 17.6. The Balaban J connectivity index is 2.17. The van der Waals surface area contributed by atoms with E-state index in [1.54, 1.807) is 12.2 Å². The van der Waals surface area contributed by atoms with Crippen LogP contribution in [0.3, 0.4) is 0 Å². The maximum absolute atomic E-state index is 9.25. The lowest BCUT2D eigenvalue weighted by molar-refractivity contribution is 1.44. The highest BCUT2D eigenvalue weighted by Crippen LogP contribution is 2.52. The summed E-state index contributed by atoms with van der Waals surface area (Å²) < 4.78 is 0. The molecular weight excluding hydrogens is 388 g/mol. The molecule has 2 aromatic carbocycles. The van der Waals surface area contributed by atoms with Crippen LogP contribution in [0.1, 0.15) is 22.3 Å². The molecule has 128 valence electrons. The summed E-state index contributed by atoms with van der Waals surface area (Å²) in [5, 5.41) is 42.5. The Bertz CT molecular complexity index is 1250. The molecule has 0 aromatic heterocycles. The Morgan fingerprint density at radius 1 is 0.607 bits per heavy atom. The lowest BCUT2D eigenvalue weighted by Crippen LogP contribution is -2.00. The molecule has 0 aliphatic heterocycles. The van der Waals surface area contributed by atoms with Crippen LogP contribution in [0.5, 0.6) is 0 Å². The van der Waals surface area contributed by atoms with Crippen molar-refractivity contribution < 1.29 is 0 Å². The molecule has 4 rings (SSSR count). The first-order valence-electron chi connectivity index (χ1n) is 7.84. The second kappa shape index (κ2) is 7.06. The van der Waals surface area contributed by atoms with Crippen molar-refractivity contribution in [3.8, 4) is 23.2 Å². The van der Waals surface area contributed by atoms with Crippen LogP contribution in [0.4, 0.5) is 0 Å². The zero-order valence-electron chi connectivity index (χ0n) is 14.0. The Hall–Kier alpha value is -3.82. The van der Waals surface area contributed by atoms with Gasteiger partial charge in [-0.05, 0) is 52.2 Å². The molecule has 0 heterocycles. The third kappa shape index (κ3) is 2.49. The summed E-state index contributed by atoms with van der Waals surface area (Å²) in [4.78, 5) is 9.29. The summed E-state index contributed by atoms with van der Waals surface area (Å²) in [6.07, 6.45) is 6.95. The van der Waals surface area contributed by atoms with Gasteiger partial charge in [0.2, 0.25) is 12.4 Å². The minimum Gasteiger partial charge on any atom is -0.185 e. The van der Waals surface area contributed by atoms with Gasteiger partial charge in [0, 0.05) is 26.3 Å². The van der Waals surface area contributed by atoms with Crippen molar-refractivity contribution in [1.82, 2.24) is 0 Å². The monoisotopic (exact) mass is 394 g/mol. The number of nitriles is 4. The smallest absolute Gasteiger partial charge is 0.185 e. The topological polar surface area (TPSA) is 120 Å². The molecule has 6 nitrogen and oxygen atoms in total. The molecule has 0 spiro atoms. The lowest BCUT2D eigenvalue weighted by atomic mass is 9.92. The molecule has 0 atom stereocenters. The van der Waals surface area contributed by atoms with Crippen LogP contribution in [0, 0.1) is 44.2 Å². The van der Waals surface area contributed by atoms with E-state index in [2.05, 4.69) is 20.8 Å². The van der Waals surface area contributed by atoms with E-state index in [1.165, 1.54) is 0 Å². The van der Waals surface area contributed by atoms with E-state index in [1.807, 2.05) is 36.7 Å². The largest absolute Gasteiger partial charge is 0.206 e. The number of thiocyanates is 2. The van der Waals surface area contributed by atoms with E-state index >= 15 is 0 Å². The number of benzene rings is 2. The maximum Gasteiger partial charge on any atom is 0.206 e. The van der Waals surface area contributed by atoms with Gasteiger partial charge in [-0.3, -0.25) is 0 Å². The van der Waals surface area contributed by atoms with Crippen LogP contribution in [0.25, 0.3) is 20.6 Å². The van der Waals surface area contributed by atoms with Gasteiger partial charge in [-0.15, -0.1) is 0 Å². The van der Waals surface area contributed by atoms with Crippen molar-refractivity contribution in [3.05, 3.63) is 58.7 Å². The Labute approximate surface area is 168 Å². The Morgan fingerprint density at radius 2 is 1.00 bits per heavy atom. The van der Waals surface area contributed by atoms with Gasteiger partial charge in [-0.25, -0.2) is 0 Å². The zero-order chi connectivity index (χ0) is 19.7. The zero-order valence-corrected chi connectivity index (χ0v) is 15.6. The van der Waals surface area contributed by atoms with Crippen molar-refractivity contribution in [2.45, 2.75) is 0 Å². The highest BCUT2D eigenvalue weighted by Gasteiger charge is 2.29. The van der Waals surface area contributed by atoms with E-state index in [0.717, 1.165) is 66.4 Å². The average Bonchev–Trinajstić information content (AvgIpc) is 2.91. The van der Waals surface area contributed by atoms with Gasteiger partial charge < -0.3 is 0 Å². The first-order chi connectivity index (χ1) is 13.7. The summed E-state index contributed by atoms with van der Waals surface area (Å²) in [5.41, 5.74) is 4.09. The van der Waals surface area contributed by atoms with Gasteiger partial charge in [0.15, 0.2) is 0 Å². The highest BCUT2D eigenvalue weighted by atomic mass is 32.2. The third-order valence-electron chi connectivity index (χ3n) is 4.44. The normalized spacial score (nSPS) is 16.6. The fourth-order valence-electron chi connectivity index (χ4n) is 3.48. The molecule has 8 heteroatoms. The van der Waals surface area contributed by atoms with Crippen LogP contribution in [-0.4, -0.2) is 11.4 Å². The molecule has 0 unspecified atom stereocenters. The SMILES string of the molecule is N#CN=C1C=CC(=NC#N)c2ccc3c4c(ccc1c24)C(SC#N)=C3SC#N. The Morgan fingerprint density at radius 3 is 1.39 bits per heavy atom. The fourth-order valence-corrected chi connectivity index (χ4v) is 4.88. The summed E-state index contributed by atoms with van der Waals surface area (Å²) in [5.74, 6) is 0. The second-order valence-electron chi connectivity index (χ2n) is 5.64. The number of aliphatic imine (C=N–C) groups is 2. The summed E-state index contributed by atoms with van der Waals surface area (Å²) >= 11 is 2.03. The van der Waals surface area contributed by atoms with Gasteiger partial charge in [0.1, 0.15) is 10.8 Å². The molecule has 0 N–H and O–H groups in total. The van der Waals surface area contributed by atoms with E-state index in [9.17, 15) is 10.5 Å². The van der Waals surface area contributed by atoms with Crippen LogP contribution >= 0.6 is 23.5 Å². The summed E-state index contributed by atoms with van der Waals surface area (Å²) in [6.45, 7) is 0. The molecule has 2 aromatic rings. The molecule has 28 heavy (non-hydrogen) atoms. The molecule has 0 fully saturated rings. The van der Waals surface area contributed by atoms with Crippen LogP contribution in [0.15, 0.2) is 46.4 Å². The predicted molar refractivity (Wildman–Crippen MR) is 111 cm³/mol. The number of hydrogen-bond acceptors (Lipinski definition) is 8. The van der Waals surface area contributed by atoms with Crippen molar-refractivity contribution in [2.75, 3.05) is 0 Å². The van der Waals surface area contributed by atoms with E-state index < -0.39 is 0 Å². The molecule has 2 aliphatic carbocycles. The van der Waals surface area contributed by atoms with E-state index in [-0.39, 0.29) is 0 Å². The quantitative estimate of drug-likeness (QED) is 0.691. The van der Waals surface area contributed by atoms with Gasteiger partial charge >= 0.3 is 0 Å². The van der Waals surface area contributed by atoms with Crippen LogP contribution in [0.2, 0.25) is 0 Å². The molecule has 0 bridgehead atoms. The standard InChI is InChI=1S/C20H6N6S2/c21-7-25-15-5-6-16(26-8-22)12-2-4-14-18-13(3-1-11(15)17(12)18)19(27-9-23)20(14)28-10-24/h1-6H. The fraction of sp³-hybridized carbons (Fsp3) is 0. The third-order valence-corrected chi connectivity index (χ3v) is 6.01. The van der Waals surface area contributed by atoms with Crippen LogP contribution in [-0.2, 0) is 0 Å². The molecule has 0 saturated carbocycles. The number of rotatable bonds is 2. The van der Waals surface area contributed by atoms with Gasteiger partial charge in [0.25, 0.3) is 0 Å². The van der Waals surface area contributed by atoms with Crippen molar-refractivity contribution >= 4 is 55.5 Å². The predicted octanol–water partition coefficient (Wildman–Crippen LogP) is 4.52. The van der Waals surface area contributed by atoms with E-state index in [4.69, 9.17) is 10.5 Å². The molecule has 2 aliphatic rings. The number of allylic oxidation sites excluding steroid dienone is 2. The average molecular weight is 394 g/mol. The molecule has 0 amide bonds. The minimum absolute atomic E-state index is 0.464. The lowest BCUT2D eigenvalue weighted by Gasteiger charge is -2.12. The summed E-state index contributed by atoms with van der Waals surface area (Å²) in [7, 11) is 0. The first-order valence-corrected chi connectivity index (χ1v) is 9.47. The number of thioether (sulfide) groups is 2. The Kier molecular flexibility index (Phi) is 4.44. The molecule has 0 saturated heterocycles. The molecular formula is C20H6N6S2. The minimum atomic E-state index is 0.464. The van der Waals surface area contributed by atoms with Gasteiger partial charge in [-0.2, -0.15) is 31.0 Å². The van der Waals surface area contributed by atoms with Gasteiger partial charge in [-0.1, -0.05) is 24.3 Å². The number of nitrogens with zero attached hydrogens (tertiary/aromatic N) is 6. The maximum atomic E-state index is 9.25.